The number of aliphatic hydroxyl groups excluding tert-OH is 1. The van der Waals surface area contributed by atoms with Crippen molar-refractivity contribution in [1.29, 1.82) is 0 Å². The molecule has 2 N–H and O–H groups in total. The van der Waals surface area contributed by atoms with Crippen LogP contribution in [0.4, 0.5) is 0 Å². The monoisotopic (exact) mass is 293 g/mol. The second kappa shape index (κ2) is 6.42. The third-order valence-electron chi connectivity index (χ3n) is 2.46. The highest BCUT2D eigenvalue weighted by Crippen LogP contribution is 2.12. The molecule has 8 heteroatoms. The van der Waals surface area contributed by atoms with Gasteiger partial charge in [-0.25, -0.2) is 23.1 Å². The van der Waals surface area contributed by atoms with Crippen molar-refractivity contribution < 1.29 is 13.5 Å². The maximum absolute atomic E-state index is 12.0. The zero-order valence-corrected chi connectivity index (χ0v) is 11.7. The van der Waals surface area contributed by atoms with Crippen molar-refractivity contribution in [3.63, 3.8) is 0 Å². The molecule has 0 bridgehead atoms. The van der Waals surface area contributed by atoms with Gasteiger partial charge in [-0.1, -0.05) is 13.8 Å². The van der Waals surface area contributed by atoms with Crippen molar-refractivity contribution >= 4 is 21.6 Å². The van der Waals surface area contributed by atoms with Crippen LogP contribution >= 0.6 is 11.6 Å². The highest BCUT2D eigenvalue weighted by Gasteiger charge is 2.22. The lowest BCUT2D eigenvalue weighted by Crippen LogP contribution is -2.39. The van der Waals surface area contributed by atoms with Gasteiger partial charge in [0.15, 0.2) is 0 Å². The first-order chi connectivity index (χ1) is 8.36. The number of nitrogens with zero attached hydrogens (tertiary/aromatic N) is 2. The highest BCUT2D eigenvalue weighted by atomic mass is 35.5. The molecule has 1 rings (SSSR count). The highest BCUT2D eigenvalue weighted by molar-refractivity contribution is 7.89. The van der Waals surface area contributed by atoms with Crippen molar-refractivity contribution in [3.05, 3.63) is 17.7 Å². The Balaban J connectivity index is 2.89. The summed E-state index contributed by atoms with van der Waals surface area (Å²) in [6.45, 7) is 3.67. The van der Waals surface area contributed by atoms with E-state index in [1.807, 2.05) is 13.8 Å². The Morgan fingerprint density at radius 1 is 1.39 bits per heavy atom. The molecule has 0 fully saturated rings. The average molecular weight is 294 g/mol. The van der Waals surface area contributed by atoms with E-state index in [2.05, 4.69) is 14.7 Å². The molecular formula is C10H16ClN3O3S. The summed E-state index contributed by atoms with van der Waals surface area (Å²) in [6, 6.07) is -0.337. The van der Waals surface area contributed by atoms with Crippen LogP contribution in [0.3, 0.4) is 0 Å². The molecule has 0 radical (unpaired) electrons. The molecule has 0 aliphatic rings. The molecule has 102 valence electrons. The van der Waals surface area contributed by atoms with E-state index in [4.69, 9.17) is 16.7 Å². The Morgan fingerprint density at radius 3 is 2.39 bits per heavy atom. The summed E-state index contributed by atoms with van der Waals surface area (Å²) in [5.41, 5.74) is 0. The summed E-state index contributed by atoms with van der Waals surface area (Å²) in [7, 11) is -3.69. The van der Waals surface area contributed by atoms with Gasteiger partial charge in [0.25, 0.3) is 0 Å². The van der Waals surface area contributed by atoms with Gasteiger partial charge in [-0.3, -0.25) is 0 Å². The minimum absolute atomic E-state index is 0.00952. The van der Waals surface area contributed by atoms with Gasteiger partial charge < -0.3 is 5.11 Å². The van der Waals surface area contributed by atoms with Crippen LogP contribution in [0.1, 0.15) is 20.3 Å². The Labute approximate surface area is 111 Å². The zero-order chi connectivity index (χ0) is 13.8. The number of aromatic nitrogens is 2. The Morgan fingerprint density at radius 2 is 1.94 bits per heavy atom. The summed E-state index contributed by atoms with van der Waals surface area (Å²) in [4.78, 5) is 7.21. The second-order valence-corrected chi connectivity index (χ2v) is 6.22. The van der Waals surface area contributed by atoms with E-state index < -0.39 is 10.0 Å². The van der Waals surface area contributed by atoms with E-state index in [1.165, 1.54) is 0 Å². The first-order valence-electron chi connectivity index (χ1n) is 5.47. The number of sulfonamides is 1. The molecule has 0 saturated heterocycles. The Bertz CT molecular complexity index is 476. The van der Waals surface area contributed by atoms with E-state index >= 15 is 0 Å². The summed E-state index contributed by atoms with van der Waals surface area (Å²) < 4.78 is 26.6. The normalized spacial score (nSPS) is 13.8. The van der Waals surface area contributed by atoms with Crippen LogP contribution < -0.4 is 4.72 Å². The summed E-state index contributed by atoms with van der Waals surface area (Å²) in [5.74, 6) is 0.0696. The number of hydrogen-bond donors (Lipinski definition) is 2. The number of nitrogens with one attached hydrogen (secondary N) is 1. The Hall–Kier alpha value is -0.760. The Kier molecular flexibility index (Phi) is 5.46. The van der Waals surface area contributed by atoms with Crippen LogP contribution in [0.15, 0.2) is 17.3 Å². The van der Waals surface area contributed by atoms with E-state index in [0.29, 0.717) is 6.42 Å². The van der Waals surface area contributed by atoms with Crippen molar-refractivity contribution in [3.8, 4) is 0 Å². The minimum atomic E-state index is -3.69. The SMILES string of the molecule is CC(C)C(CCO)NS(=O)(=O)c1cnc(Cl)nc1. The lowest BCUT2D eigenvalue weighted by Gasteiger charge is -2.21. The molecule has 0 aliphatic heterocycles. The van der Waals surface area contributed by atoms with Crippen LogP contribution in [0.25, 0.3) is 0 Å². The van der Waals surface area contributed by atoms with Gasteiger partial charge in [0.1, 0.15) is 4.90 Å². The largest absolute Gasteiger partial charge is 0.396 e. The molecule has 1 unspecified atom stereocenters. The van der Waals surface area contributed by atoms with E-state index in [9.17, 15) is 8.42 Å². The lowest BCUT2D eigenvalue weighted by molar-refractivity contribution is 0.256. The molecule has 1 aromatic heterocycles. The van der Waals surface area contributed by atoms with Crippen LogP contribution in [0.5, 0.6) is 0 Å². The molecule has 6 nitrogen and oxygen atoms in total. The number of rotatable bonds is 6. The maximum atomic E-state index is 12.0. The molecule has 1 aromatic rings. The zero-order valence-electron chi connectivity index (χ0n) is 10.2. The first kappa shape index (κ1) is 15.3. The maximum Gasteiger partial charge on any atom is 0.243 e. The predicted molar refractivity (Wildman–Crippen MR) is 67.7 cm³/mol. The molecule has 1 heterocycles. The standard InChI is InChI=1S/C10H16ClN3O3S/c1-7(2)9(3-4-15)14-18(16,17)8-5-12-10(11)13-6-8/h5-7,9,14-15H,3-4H2,1-2H3. The third kappa shape index (κ3) is 4.16. The fourth-order valence-corrected chi connectivity index (χ4v) is 2.78. The van der Waals surface area contributed by atoms with Gasteiger partial charge >= 0.3 is 0 Å². The fraction of sp³-hybridized carbons (Fsp3) is 0.600. The van der Waals surface area contributed by atoms with Crippen LogP contribution in [-0.4, -0.2) is 36.1 Å². The molecule has 0 saturated carbocycles. The molecule has 0 amide bonds. The summed E-state index contributed by atoms with van der Waals surface area (Å²) in [6.07, 6.45) is 2.65. The van der Waals surface area contributed by atoms with E-state index in [-0.39, 0.29) is 28.7 Å². The third-order valence-corrected chi connectivity index (χ3v) is 4.10. The topological polar surface area (TPSA) is 92.2 Å². The van der Waals surface area contributed by atoms with E-state index in [0.717, 1.165) is 12.4 Å². The van der Waals surface area contributed by atoms with Gasteiger partial charge in [0.2, 0.25) is 15.3 Å². The number of hydrogen-bond acceptors (Lipinski definition) is 5. The van der Waals surface area contributed by atoms with Crippen molar-refractivity contribution in [2.24, 2.45) is 5.92 Å². The van der Waals surface area contributed by atoms with Gasteiger partial charge in [0.05, 0.1) is 12.4 Å². The van der Waals surface area contributed by atoms with Gasteiger partial charge in [-0.05, 0) is 23.9 Å². The van der Waals surface area contributed by atoms with E-state index in [1.54, 1.807) is 0 Å². The van der Waals surface area contributed by atoms with Gasteiger partial charge in [0, 0.05) is 12.6 Å². The molecule has 0 aliphatic carbocycles. The number of aliphatic hydroxyl groups is 1. The predicted octanol–water partition coefficient (Wildman–Crippen LogP) is 0.815. The second-order valence-electron chi connectivity index (χ2n) is 4.17. The lowest BCUT2D eigenvalue weighted by atomic mass is 10.0. The fourth-order valence-electron chi connectivity index (χ4n) is 1.37. The van der Waals surface area contributed by atoms with Gasteiger partial charge in [-0.15, -0.1) is 0 Å². The van der Waals surface area contributed by atoms with Crippen LogP contribution in [0, 0.1) is 5.92 Å². The average Bonchev–Trinajstić information content (AvgIpc) is 2.28. The van der Waals surface area contributed by atoms with Crippen molar-refractivity contribution in [2.75, 3.05) is 6.61 Å². The molecule has 18 heavy (non-hydrogen) atoms. The van der Waals surface area contributed by atoms with Crippen LogP contribution in [0.2, 0.25) is 5.28 Å². The quantitative estimate of drug-likeness (QED) is 0.758. The summed E-state index contributed by atoms with van der Waals surface area (Å²) >= 11 is 5.50. The van der Waals surface area contributed by atoms with Crippen molar-refractivity contribution in [2.45, 2.75) is 31.2 Å². The number of halogens is 1. The molecular weight excluding hydrogens is 278 g/mol. The van der Waals surface area contributed by atoms with Crippen LogP contribution in [-0.2, 0) is 10.0 Å². The first-order valence-corrected chi connectivity index (χ1v) is 7.33. The molecule has 0 spiro atoms. The van der Waals surface area contributed by atoms with Crippen molar-refractivity contribution in [1.82, 2.24) is 14.7 Å². The minimum Gasteiger partial charge on any atom is -0.396 e. The van der Waals surface area contributed by atoms with Gasteiger partial charge in [-0.2, -0.15) is 0 Å². The summed E-state index contributed by atoms with van der Waals surface area (Å²) in [5, 5.41) is 8.90. The molecule has 1 atom stereocenters. The smallest absolute Gasteiger partial charge is 0.243 e. The molecule has 0 aromatic carbocycles.